The molecule has 5 heteroatoms. The highest BCUT2D eigenvalue weighted by atomic mass is 16.3. The van der Waals surface area contributed by atoms with Gasteiger partial charge in [0.2, 0.25) is 0 Å². The molecule has 1 heterocycles. The Bertz CT molecular complexity index is 194. The fourth-order valence-electron chi connectivity index (χ4n) is 0.993. The van der Waals surface area contributed by atoms with Gasteiger partial charge in [-0.25, -0.2) is 4.98 Å². The van der Waals surface area contributed by atoms with Crippen molar-refractivity contribution < 1.29 is 10.2 Å². The average Bonchev–Trinajstić information content (AvgIpc) is 2.56. The van der Waals surface area contributed by atoms with E-state index in [-0.39, 0.29) is 13.2 Å². The second kappa shape index (κ2) is 4.74. The molecule has 0 spiro atoms. The van der Waals surface area contributed by atoms with Crippen molar-refractivity contribution in [2.45, 2.75) is 0 Å². The Morgan fingerprint density at radius 1 is 1.25 bits per heavy atom. The van der Waals surface area contributed by atoms with Gasteiger partial charge in [-0.05, 0) is 0 Å². The molecule has 0 fully saturated rings. The topological polar surface area (TPSA) is 61.5 Å². The third-order valence-corrected chi connectivity index (χ3v) is 1.53. The van der Waals surface area contributed by atoms with E-state index in [4.69, 9.17) is 10.2 Å². The molecule has 68 valence electrons. The number of hydrogen-bond donors (Lipinski definition) is 2. The molecule has 0 saturated carbocycles. The largest absolute Gasteiger partial charge is 0.394 e. The summed E-state index contributed by atoms with van der Waals surface area (Å²) in [5.74, 6) is 0. The second-order valence-corrected chi connectivity index (χ2v) is 2.34. The average molecular weight is 171 g/mol. The highest BCUT2D eigenvalue weighted by Gasteiger charge is 2.01. The standard InChI is InChI=1S/C7H13N3O2/c11-5-3-9(4-6-12)10-2-1-8-7-10/h1-2,7,11-12H,3-6H2. The highest BCUT2D eigenvalue weighted by molar-refractivity contribution is 4.88. The van der Waals surface area contributed by atoms with Gasteiger partial charge in [-0.1, -0.05) is 0 Å². The van der Waals surface area contributed by atoms with Crippen LogP contribution in [0.1, 0.15) is 0 Å². The van der Waals surface area contributed by atoms with Crippen LogP contribution in [0.25, 0.3) is 0 Å². The maximum Gasteiger partial charge on any atom is 0.114 e. The Kier molecular flexibility index (Phi) is 3.56. The van der Waals surface area contributed by atoms with Gasteiger partial charge in [0.25, 0.3) is 0 Å². The third-order valence-electron chi connectivity index (χ3n) is 1.53. The lowest BCUT2D eigenvalue weighted by Gasteiger charge is -2.23. The summed E-state index contributed by atoms with van der Waals surface area (Å²) in [4.78, 5) is 3.87. The first-order valence-corrected chi connectivity index (χ1v) is 3.83. The molecule has 0 aromatic carbocycles. The predicted octanol–water partition coefficient (Wildman–Crippen LogP) is -1.19. The molecule has 0 atom stereocenters. The van der Waals surface area contributed by atoms with E-state index in [1.807, 2.05) is 0 Å². The Morgan fingerprint density at radius 2 is 1.92 bits per heavy atom. The minimum atomic E-state index is 0.0676. The fraction of sp³-hybridized carbons (Fsp3) is 0.571. The zero-order valence-corrected chi connectivity index (χ0v) is 6.80. The molecule has 0 aliphatic rings. The summed E-state index contributed by atoms with van der Waals surface area (Å²) >= 11 is 0. The van der Waals surface area contributed by atoms with E-state index in [1.165, 1.54) is 0 Å². The van der Waals surface area contributed by atoms with Crippen LogP contribution >= 0.6 is 0 Å². The van der Waals surface area contributed by atoms with Gasteiger partial charge in [-0.15, -0.1) is 0 Å². The molecular weight excluding hydrogens is 158 g/mol. The normalized spacial score (nSPS) is 10.2. The zero-order chi connectivity index (χ0) is 8.81. The molecule has 0 saturated heterocycles. The van der Waals surface area contributed by atoms with Crippen LogP contribution in [0.5, 0.6) is 0 Å². The Hall–Kier alpha value is -1.07. The predicted molar refractivity (Wildman–Crippen MR) is 44.3 cm³/mol. The summed E-state index contributed by atoms with van der Waals surface area (Å²) in [5, 5.41) is 19.2. The van der Waals surface area contributed by atoms with E-state index in [1.54, 1.807) is 28.4 Å². The minimum Gasteiger partial charge on any atom is -0.394 e. The molecule has 2 N–H and O–H groups in total. The molecule has 1 aromatic heterocycles. The van der Waals surface area contributed by atoms with E-state index in [0.717, 1.165) is 0 Å². The molecule has 0 unspecified atom stereocenters. The summed E-state index contributed by atoms with van der Waals surface area (Å²) in [7, 11) is 0. The quantitative estimate of drug-likeness (QED) is 0.584. The van der Waals surface area contributed by atoms with Gasteiger partial charge in [0, 0.05) is 12.4 Å². The Balaban J connectivity index is 2.53. The van der Waals surface area contributed by atoms with Gasteiger partial charge in [-0.3, -0.25) is 4.68 Å². The van der Waals surface area contributed by atoms with Crippen LogP contribution in [0, 0.1) is 0 Å². The molecule has 0 bridgehead atoms. The summed E-state index contributed by atoms with van der Waals surface area (Å²) in [6, 6.07) is 0. The number of aliphatic hydroxyl groups excluding tert-OH is 2. The Labute approximate surface area is 70.8 Å². The summed E-state index contributed by atoms with van der Waals surface area (Å²) in [6.07, 6.45) is 5.05. The lowest BCUT2D eigenvalue weighted by Crippen LogP contribution is -2.38. The SMILES string of the molecule is OCCN(CCO)n1ccnc1. The number of aliphatic hydroxyl groups is 2. The molecule has 0 aliphatic carbocycles. The van der Waals surface area contributed by atoms with Crippen molar-refractivity contribution in [1.82, 2.24) is 9.66 Å². The van der Waals surface area contributed by atoms with Crippen molar-refractivity contribution in [2.75, 3.05) is 31.3 Å². The Morgan fingerprint density at radius 3 is 2.33 bits per heavy atom. The lowest BCUT2D eigenvalue weighted by atomic mass is 10.6. The van der Waals surface area contributed by atoms with Crippen LogP contribution in [0.15, 0.2) is 18.7 Å². The smallest absolute Gasteiger partial charge is 0.114 e. The van der Waals surface area contributed by atoms with Crippen molar-refractivity contribution >= 4 is 0 Å². The molecule has 0 aliphatic heterocycles. The van der Waals surface area contributed by atoms with E-state index < -0.39 is 0 Å². The van der Waals surface area contributed by atoms with Gasteiger partial charge in [0.15, 0.2) is 0 Å². The first kappa shape index (κ1) is 9.02. The summed E-state index contributed by atoms with van der Waals surface area (Å²) in [5.41, 5.74) is 0. The molecule has 1 rings (SSSR count). The van der Waals surface area contributed by atoms with Crippen LogP contribution in [0.3, 0.4) is 0 Å². The van der Waals surface area contributed by atoms with Crippen LogP contribution < -0.4 is 5.01 Å². The van der Waals surface area contributed by atoms with E-state index in [9.17, 15) is 0 Å². The number of nitrogens with zero attached hydrogens (tertiary/aromatic N) is 3. The van der Waals surface area contributed by atoms with Crippen molar-refractivity contribution in [3.05, 3.63) is 18.7 Å². The van der Waals surface area contributed by atoms with Crippen LogP contribution in [0.2, 0.25) is 0 Å². The third kappa shape index (κ3) is 2.21. The molecule has 0 amide bonds. The van der Waals surface area contributed by atoms with Crippen LogP contribution in [-0.4, -0.2) is 46.2 Å². The van der Waals surface area contributed by atoms with Gasteiger partial charge < -0.3 is 15.2 Å². The number of imidazole rings is 1. The van der Waals surface area contributed by atoms with Gasteiger partial charge >= 0.3 is 0 Å². The van der Waals surface area contributed by atoms with Crippen molar-refractivity contribution in [2.24, 2.45) is 0 Å². The van der Waals surface area contributed by atoms with E-state index >= 15 is 0 Å². The zero-order valence-electron chi connectivity index (χ0n) is 6.80. The van der Waals surface area contributed by atoms with Crippen molar-refractivity contribution in [1.29, 1.82) is 0 Å². The van der Waals surface area contributed by atoms with Crippen molar-refractivity contribution in [3.8, 4) is 0 Å². The minimum absolute atomic E-state index is 0.0676. The lowest BCUT2D eigenvalue weighted by molar-refractivity contribution is 0.265. The summed E-state index contributed by atoms with van der Waals surface area (Å²) in [6.45, 7) is 1.13. The number of hydrogen-bond acceptors (Lipinski definition) is 4. The molecular formula is C7H13N3O2. The van der Waals surface area contributed by atoms with Gasteiger partial charge in [0.05, 0.1) is 26.3 Å². The monoisotopic (exact) mass is 171 g/mol. The first-order chi connectivity index (χ1) is 5.88. The maximum absolute atomic E-state index is 8.71. The summed E-state index contributed by atoms with van der Waals surface area (Å²) < 4.78 is 1.74. The highest BCUT2D eigenvalue weighted by Crippen LogP contribution is 1.89. The molecule has 12 heavy (non-hydrogen) atoms. The van der Waals surface area contributed by atoms with E-state index in [0.29, 0.717) is 13.1 Å². The molecule has 0 radical (unpaired) electrons. The van der Waals surface area contributed by atoms with Crippen LogP contribution in [0.4, 0.5) is 0 Å². The van der Waals surface area contributed by atoms with Crippen molar-refractivity contribution in [3.63, 3.8) is 0 Å². The second-order valence-electron chi connectivity index (χ2n) is 2.34. The first-order valence-electron chi connectivity index (χ1n) is 3.83. The van der Waals surface area contributed by atoms with Gasteiger partial charge in [-0.2, -0.15) is 0 Å². The maximum atomic E-state index is 8.71. The molecule has 1 aromatic rings. The number of aromatic nitrogens is 2. The van der Waals surface area contributed by atoms with Crippen LogP contribution in [-0.2, 0) is 0 Å². The van der Waals surface area contributed by atoms with E-state index in [2.05, 4.69) is 4.98 Å². The molecule has 5 nitrogen and oxygen atoms in total. The fourth-order valence-corrected chi connectivity index (χ4v) is 0.993. The number of rotatable bonds is 5. The van der Waals surface area contributed by atoms with Gasteiger partial charge in [0.1, 0.15) is 6.33 Å².